The number of carbonyl (C=O) groups is 1. The van der Waals surface area contributed by atoms with Gasteiger partial charge in [0.1, 0.15) is 5.82 Å². The van der Waals surface area contributed by atoms with Crippen molar-refractivity contribution in [3.8, 4) is 0 Å². The molecule has 1 aliphatic heterocycles. The van der Waals surface area contributed by atoms with Crippen LogP contribution in [-0.2, 0) is 0 Å². The van der Waals surface area contributed by atoms with Crippen molar-refractivity contribution in [3.05, 3.63) is 34.6 Å². The molecule has 2 atom stereocenters. The molecule has 1 aliphatic rings. The molecule has 23 heavy (non-hydrogen) atoms. The molecular weight excluding hydrogens is 319 g/mol. The van der Waals surface area contributed by atoms with E-state index in [1.54, 1.807) is 0 Å². The van der Waals surface area contributed by atoms with Crippen LogP contribution in [0.3, 0.4) is 0 Å². The summed E-state index contributed by atoms with van der Waals surface area (Å²) in [5.74, 6) is -0.306. The first-order valence-electron chi connectivity index (χ1n) is 7.95. The van der Waals surface area contributed by atoms with Crippen LogP contribution in [0.15, 0.2) is 18.2 Å². The van der Waals surface area contributed by atoms with Gasteiger partial charge < -0.3 is 14.9 Å². The Morgan fingerprint density at radius 1 is 1.48 bits per heavy atom. The van der Waals surface area contributed by atoms with E-state index in [1.807, 2.05) is 19.0 Å². The second-order valence-corrected chi connectivity index (χ2v) is 6.73. The van der Waals surface area contributed by atoms with Gasteiger partial charge in [-0.2, -0.15) is 0 Å². The highest BCUT2D eigenvalue weighted by Crippen LogP contribution is 2.26. The lowest BCUT2D eigenvalue weighted by atomic mass is 9.87. The number of aliphatic hydroxyl groups excluding tert-OH is 1. The number of aliphatic hydroxyl groups is 1. The standard InChI is InChI=1S/C17H24ClFN2O2/c1-20(2)16-7-8-21(11-13(16)4-3-9-22)17(23)12-5-6-15(19)14(18)10-12/h5-6,10,13,16,22H,3-4,7-9,11H2,1-2H3/t13-,16+/m1/s1. The minimum absolute atomic E-state index is 0.0316. The number of benzene rings is 1. The van der Waals surface area contributed by atoms with Crippen LogP contribution < -0.4 is 0 Å². The Labute approximate surface area is 141 Å². The molecule has 1 N–H and O–H groups in total. The third-order valence-corrected chi connectivity index (χ3v) is 4.83. The average molecular weight is 343 g/mol. The lowest BCUT2D eigenvalue weighted by Gasteiger charge is -2.41. The first-order valence-corrected chi connectivity index (χ1v) is 8.33. The highest BCUT2D eigenvalue weighted by atomic mass is 35.5. The SMILES string of the molecule is CN(C)[C@H]1CCN(C(=O)c2ccc(F)c(Cl)c2)C[C@H]1CCCO. The molecule has 1 aromatic carbocycles. The van der Waals surface area contributed by atoms with E-state index in [9.17, 15) is 9.18 Å². The number of likely N-dealkylation sites (tertiary alicyclic amines) is 1. The third-order valence-electron chi connectivity index (χ3n) is 4.54. The Hall–Kier alpha value is -1.17. The van der Waals surface area contributed by atoms with E-state index in [-0.39, 0.29) is 17.5 Å². The van der Waals surface area contributed by atoms with Crippen LogP contribution >= 0.6 is 11.6 Å². The molecule has 4 nitrogen and oxygen atoms in total. The van der Waals surface area contributed by atoms with Gasteiger partial charge in [0, 0.05) is 31.3 Å². The second-order valence-electron chi connectivity index (χ2n) is 6.33. The van der Waals surface area contributed by atoms with Crippen molar-refractivity contribution in [1.29, 1.82) is 0 Å². The number of carbonyl (C=O) groups excluding carboxylic acids is 1. The maximum Gasteiger partial charge on any atom is 0.253 e. The molecule has 0 bridgehead atoms. The van der Waals surface area contributed by atoms with Crippen molar-refractivity contribution in [1.82, 2.24) is 9.80 Å². The third kappa shape index (κ3) is 4.43. The topological polar surface area (TPSA) is 43.8 Å². The van der Waals surface area contributed by atoms with E-state index in [4.69, 9.17) is 16.7 Å². The number of halogens is 2. The fourth-order valence-electron chi connectivity index (χ4n) is 3.33. The van der Waals surface area contributed by atoms with Crippen molar-refractivity contribution in [2.45, 2.75) is 25.3 Å². The van der Waals surface area contributed by atoms with Crippen molar-refractivity contribution >= 4 is 17.5 Å². The van der Waals surface area contributed by atoms with Crippen LogP contribution in [0.2, 0.25) is 5.02 Å². The predicted molar refractivity (Wildman–Crippen MR) is 89.2 cm³/mol. The van der Waals surface area contributed by atoms with Gasteiger partial charge in [0.15, 0.2) is 0 Å². The molecule has 0 aliphatic carbocycles. The largest absolute Gasteiger partial charge is 0.396 e. The predicted octanol–water partition coefficient (Wildman–Crippen LogP) is 2.64. The van der Waals surface area contributed by atoms with Gasteiger partial charge in [0.05, 0.1) is 5.02 Å². The highest BCUT2D eigenvalue weighted by Gasteiger charge is 2.32. The summed E-state index contributed by atoms with van der Waals surface area (Å²) in [6, 6.07) is 4.50. The van der Waals surface area contributed by atoms with Crippen LogP contribution in [-0.4, -0.2) is 60.6 Å². The number of piperidine rings is 1. The monoisotopic (exact) mass is 342 g/mol. The van der Waals surface area contributed by atoms with Gasteiger partial charge >= 0.3 is 0 Å². The molecular formula is C17H24ClFN2O2. The molecule has 0 spiro atoms. The van der Waals surface area contributed by atoms with Crippen LogP contribution in [0.25, 0.3) is 0 Å². The van der Waals surface area contributed by atoms with E-state index < -0.39 is 5.82 Å². The number of rotatable bonds is 5. The smallest absolute Gasteiger partial charge is 0.253 e. The molecule has 0 unspecified atom stereocenters. The van der Waals surface area contributed by atoms with Gasteiger partial charge in [-0.05, 0) is 57.5 Å². The molecule has 1 fully saturated rings. The number of nitrogens with zero attached hydrogens (tertiary/aromatic N) is 2. The Kier molecular flexibility index (Phi) is 6.39. The maximum absolute atomic E-state index is 13.3. The zero-order chi connectivity index (χ0) is 17.0. The van der Waals surface area contributed by atoms with E-state index in [1.165, 1.54) is 18.2 Å². The molecule has 1 heterocycles. The average Bonchev–Trinajstić information content (AvgIpc) is 2.54. The zero-order valence-electron chi connectivity index (χ0n) is 13.6. The van der Waals surface area contributed by atoms with E-state index in [0.29, 0.717) is 30.6 Å². The van der Waals surface area contributed by atoms with E-state index in [2.05, 4.69) is 4.90 Å². The highest BCUT2D eigenvalue weighted by molar-refractivity contribution is 6.31. The van der Waals surface area contributed by atoms with Gasteiger partial charge in [0.2, 0.25) is 0 Å². The lowest BCUT2D eigenvalue weighted by molar-refractivity contribution is 0.0495. The Morgan fingerprint density at radius 2 is 2.22 bits per heavy atom. The van der Waals surface area contributed by atoms with Crippen LogP contribution in [0, 0.1) is 11.7 Å². The van der Waals surface area contributed by atoms with Crippen molar-refractivity contribution in [3.63, 3.8) is 0 Å². The van der Waals surface area contributed by atoms with Crippen molar-refractivity contribution in [2.24, 2.45) is 5.92 Å². The summed E-state index contributed by atoms with van der Waals surface area (Å²) < 4.78 is 13.3. The fraction of sp³-hybridized carbons (Fsp3) is 0.588. The number of hydrogen-bond acceptors (Lipinski definition) is 3. The molecule has 0 saturated carbocycles. The van der Waals surface area contributed by atoms with Crippen LogP contribution in [0.4, 0.5) is 4.39 Å². The quantitative estimate of drug-likeness (QED) is 0.894. The fourth-order valence-corrected chi connectivity index (χ4v) is 3.51. The van der Waals surface area contributed by atoms with Gasteiger partial charge in [-0.15, -0.1) is 0 Å². The minimum Gasteiger partial charge on any atom is -0.396 e. The summed E-state index contributed by atoms with van der Waals surface area (Å²) in [5, 5.41) is 9.06. The number of amides is 1. The van der Waals surface area contributed by atoms with Gasteiger partial charge in [-0.1, -0.05) is 11.6 Å². The summed E-state index contributed by atoms with van der Waals surface area (Å²) in [4.78, 5) is 16.6. The van der Waals surface area contributed by atoms with Crippen LogP contribution in [0.1, 0.15) is 29.6 Å². The normalized spacial score (nSPS) is 21.7. The number of hydrogen-bond donors (Lipinski definition) is 1. The first kappa shape index (κ1) is 18.2. The Bertz CT molecular complexity index is 553. The Morgan fingerprint density at radius 3 is 2.83 bits per heavy atom. The van der Waals surface area contributed by atoms with E-state index >= 15 is 0 Å². The van der Waals surface area contributed by atoms with E-state index in [0.717, 1.165) is 19.3 Å². The molecule has 2 rings (SSSR count). The van der Waals surface area contributed by atoms with Gasteiger partial charge in [-0.25, -0.2) is 4.39 Å². The molecule has 0 aromatic heterocycles. The molecule has 1 saturated heterocycles. The summed E-state index contributed by atoms with van der Waals surface area (Å²) in [6.45, 7) is 1.49. The molecule has 6 heteroatoms. The summed E-state index contributed by atoms with van der Waals surface area (Å²) >= 11 is 5.78. The van der Waals surface area contributed by atoms with Crippen molar-refractivity contribution < 1.29 is 14.3 Å². The summed E-state index contributed by atoms with van der Waals surface area (Å²) in [5.41, 5.74) is 0.417. The zero-order valence-corrected chi connectivity index (χ0v) is 14.4. The van der Waals surface area contributed by atoms with Gasteiger partial charge in [0.25, 0.3) is 5.91 Å². The van der Waals surface area contributed by atoms with Crippen molar-refractivity contribution in [2.75, 3.05) is 33.8 Å². The Balaban J connectivity index is 2.10. The minimum atomic E-state index is -0.518. The second kappa shape index (κ2) is 8.08. The summed E-state index contributed by atoms with van der Waals surface area (Å²) in [6.07, 6.45) is 2.51. The lowest BCUT2D eigenvalue weighted by Crippen LogP contribution is -2.50. The van der Waals surface area contributed by atoms with Gasteiger partial charge in [-0.3, -0.25) is 4.79 Å². The molecule has 1 amide bonds. The van der Waals surface area contributed by atoms with Crippen LogP contribution in [0.5, 0.6) is 0 Å². The molecule has 1 aromatic rings. The maximum atomic E-state index is 13.3. The molecule has 128 valence electrons. The first-order chi connectivity index (χ1) is 10.9. The molecule has 0 radical (unpaired) electrons. The summed E-state index contributed by atoms with van der Waals surface area (Å²) in [7, 11) is 4.10.